The molecule has 0 saturated heterocycles. The summed E-state index contributed by atoms with van der Waals surface area (Å²) in [6.45, 7) is 9.00. The first-order valence-corrected chi connectivity index (χ1v) is 8.01. The lowest BCUT2D eigenvalue weighted by Gasteiger charge is -2.11. The van der Waals surface area contributed by atoms with E-state index in [9.17, 15) is 0 Å². The number of fused-ring (bicyclic) bond motifs is 1. The van der Waals surface area contributed by atoms with E-state index in [1.165, 1.54) is 0 Å². The average molecular weight is 430 g/mol. The topological polar surface area (TPSA) is 66.6 Å². The number of nitrogens with one attached hydrogen (secondary N) is 2. The molecule has 0 aliphatic carbocycles. The minimum atomic E-state index is 0. The van der Waals surface area contributed by atoms with Crippen molar-refractivity contribution in [2.45, 2.75) is 33.6 Å². The predicted molar refractivity (Wildman–Crippen MR) is 106 cm³/mol. The van der Waals surface area contributed by atoms with E-state index in [4.69, 9.17) is 0 Å². The zero-order valence-electron chi connectivity index (χ0n) is 14.1. The fourth-order valence-corrected chi connectivity index (χ4v) is 2.13. The van der Waals surface area contributed by atoms with Crippen molar-refractivity contribution in [3.63, 3.8) is 0 Å². The molecule has 2 heterocycles. The van der Waals surface area contributed by atoms with Gasteiger partial charge < -0.3 is 10.6 Å². The molecule has 0 aromatic carbocycles. The van der Waals surface area contributed by atoms with E-state index in [0.717, 1.165) is 49.9 Å². The molecule has 2 rings (SSSR count). The van der Waals surface area contributed by atoms with Crippen LogP contribution in [-0.2, 0) is 6.42 Å². The van der Waals surface area contributed by atoms with Crippen molar-refractivity contribution in [2.24, 2.45) is 10.9 Å². The van der Waals surface area contributed by atoms with Crippen LogP contribution in [0.15, 0.2) is 29.4 Å². The lowest BCUT2D eigenvalue weighted by molar-refractivity contribution is 0.653. The van der Waals surface area contributed by atoms with Crippen LogP contribution in [0.2, 0.25) is 0 Å². The summed E-state index contributed by atoms with van der Waals surface area (Å²) in [5.41, 5.74) is 0.900. The first kappa shape index (κ1) is 19.7. The molecule has 0 atom stereocenters. The first-order chi connectivity index (χ1) is 10.7. The zero-order valence-corrected chi connectivity index (χ0v) is 16.4. The summed E-state index contributed by atoms with van der Waals surface area (Å²) in [5.74, 6) is 2.46. The van der Waals surface area contributed by atoms with Gasteiger partial charge in [0.05, 0.1) is 0 Å². The Balaban J connectivity index is 0.00000264. The molecule has 0 amide bonds. The van der Waals surface area contributed by atoms with E-state index in [1.54, 1.807) is 0 Å². The van der Waals surface area contributed by atoms with E-state index in [1.807, 2.05) is 28.8 Å². The number of aliphatic imine (C=N–C) groups is 1. The van der Waals surface area contributed by atoms with Crippen molar-refractivity contribution in [1.29, 1.82) is 0 Å². The number of nitrogens with zero attached hydrogens (tertiary/aromatic N) is 4. The second kappa shape index (κ2) is 10.4. The van der Waals surface area contributed by atoms with Crippen LogP contribution >= 0.6 is 24.0 Å². The number of pyridine rings is 1. The van der Waals surface area contributed by atoms with Crippen molar-refractivity contribution in [2.75, 3.05) is 19.6 Å². The third-order valence-corrected chi connectivity index (χ3v) is 3.21. The molecule has 23 heavy (non-hydrogen) atoms. The van der Waals surface area contributed by atoms with E-state index in [0.29, 0.717) is 5.92 Å². The van der Waals surface area contributed by atoms with Crippen LogP contribution in [0, 0.1) is 5.92 Å². The van der Waals surface area contributed by atoms with Gasteiger partial charge in [-0.25, -0.2) is 0 Å². The van der Waals surface area contributed by atoms with Crippen molar-refractivity contribution in [3.05, 3.63) is 30.2 Å². The Labute approximate surface area is 155 Å². The lowest BCUT2D eigenvalue weighted by atomic mass is 10.2. The molecule has 7 heteroatoms. The normalized spacial score (nSPS) is 11.6. The molecule has 0 aliphatic rings. The van der Waals surface area contributed by atoms with Gasteiger partial charge in [0.2, 0.25) is 0 Å². The number of hydrogen-bond donors (Lipinski definition) is 2. The summed E-state index contributed by atoms with van der Waals surface area (Å²) in [5, 5.41) is 15.0. The fourth-order valence-electron chi connectivity index (χ4n) is 2.13. The van der Waals surface area contributed by atoms with E-state index in [2.05, 4.69) is 46.6 Å². The molecular weight excluding hydrogens is 403 g/mol. The smallest absolute Gasteiger partial charge is 0.191 e. The van der Waals surface area contributed by atoms with Gasteiger partial charge in [-0.05, 0) is 31.4 Å². The van der Waals surface area contributed by atoms with E-state index >= 15 is 0 Å². The highest BCUT2D eigenvalue weighted by atomic mass is 127. The Morgan fingerprint density at radius 3 is 2.83 bits per heavy atom. The summed E-state index contributed by atoms with van der Waals surface area (Å²) in [6, 6.07) is 5.94. The lowest BCUT2D eigenvalue weighted by Crippen LogP contribution is -2.38. The van der Waals surface area contributed by atoms with Gasteiger partial charge in [0.1, 0.15) is 5.82 Å². The Hall–Kier alpha value is -1.38. The summed E-state index contributed by atoms with van der Waals surface area (Å²) in [4.78, 5) is 4.56. The minimum Gasteiger partial charge on any atom is -0.357 e. The highest BCUT2D eigenvalue weighted by Gasteiger charge is 2.04. The van der Waals surface area contributed by atoms with Crippen LogP contribution in [-0.4, -0.2) is 40.2 Å². The highest BCUT2D eigenvalue weighted by molar-refractivity contribution is 14.0. The van der Waals surface area contributed by atoms with Gasteiger partial charge in [-0.3, -0.25) is 9.39 Å². The molecule has 2 aromatic rings. The molecule has 0 bridgehead atoms. The number of guanidine groups is 1. The Morgan fingerprint density at radius 2 is 2.09 bits per heavy atom. The molecule has 6 nitrogen and oxygen atoms in total. The van der Waals surface area contributed by atoms with Crippen LogP contribution in [0.25, 0.3) is 5.65 Å². The van der Waals surface area contributed by atoms with Crippen LogP contribution in [0.4, 0.5) is 0 Å². The summed E-state index contributed by atoms with van der Waals surface area (Å²) < 4.78 is 2.04. The molecule has 0 unspecified atom stereocenters. The third kappa shape index (κ3) is 6.32. The van der Waals surface area contributed by atoms with Gasteiger partial charge in [-0.15, -0.1) is 34.2 Å². The molecule has 0 saturated carbocycles. The SMILES string of the molecule is CCNC(=NCC(C)C)NCCCc1nnc2ccccn12.I. The molecular formula is C16H27IN6. The van der Waals surface area contributed by atoms with Crippen molar-refractivity contribution in [3.8, 4) is 0 Å². The van der Waals surface area contributed by atoms with Crippen LogP contribution < -0.4 is 10.6 Å². The van der Waals surface area contributed by atoms with Gasteiger partial charge in [0.15, 0.2) is 11.6 Å². The van der Waals surface area contributed by atoms with Crippen LogP contribution in [0.3, 0.4) is 0 Å². The number of aromatic nitrogens is 3. The quantitative estimate of drug-likeness (QED) is 0.307. The van der Waals surface area contributed by atoms with Gasteiger partial charge in [0, 0.05) is 32.3 Å². The predicted octanol–water partition coefficient (Wildman–Crippen LogP) is 2.49. The molecule has 128 valence electrons. The fraction of sp³-hybridized carbons (Fsp3) is 0.562. The largest absolute Gasteiger partial charge is 0.357 e. The number of hydrogen-bond acceptors (Lipinski definition) is 3. The molecule has 0 radical (unpaired) electrons. The first-order valence-electron chi connectivity index (χ1n) is 8.01. The minimum absolute atomic E-state index is 0. The van der Waals surface area contributed by atoms with E-state index < -0.39 is 0 Å². The van der Waals surface area contributed by atoms with Gasteiger partial charge >= 0.3 is 0 Å². The van der Waals surface area contributed by atoms with Crippen molar-refractivity contribution >= 4 is 35.6 Å². The number of aryl methyl sites for hydroxylation is 1. The zero-order chi connectivity index (χ0) is 15.8. The van der Waals surface area contributed by atoms with Gasteiger partial charge in [0.25, 0.3) is 0 Å². The second-order valence-corrected chi connectivity index (χ2v) is 5.69. The number of halogens is 1. The molecule has 0 spiro atoms. The van der Waals surface area contributed by atoms with Crippen molar-refractivity contribution in [1.82, 2.24) is 25.2 Å². The second-order valence-electron chi connectivity index (χ2n) is 5.69. The maximum atomic E-state index is 4.56. The summed E-state index contributed by atoms with van der Waals surface area (Å²) in [6.07, 6.45) is 3.88. The van der Waals surface area contributed by atoms with Gasteiger partial charge in [-0.1, -0.05) is 19.9 Å². The Kier molecular flexibility index (Phi) is 8.90. The Morgan fingerprint density at radius 1 is 1.26 bits per heavy atom. The average Bonchev–Trinajstić information content (AvgIpc) is 2.92. The summed E-state index contributed by atoms with van der Waals surface area (Å²) >= 11 is 0. The monoisotopic (exact) mass is 430 g/mol. The molecule has 2 aromatic heterocycles. The Bertz CT molecular complexity index is 607. The highest BCUT2D eigenvalue weighted by Crippen LogP contribution is 2.04. The number of rotatable bonds is 7. The van der Waals surface area contributed by atoms with Crippen molar-refractivity contribution < 1.29 is 0 Å². The van der Waals surface area contributed by atoms with Crippen LogP contribution in [0.5, 0.6) is 0 Å². The van der Waals surface area contributed by atoms with E-state index in [-0.39, 0.29) is 24.0 Å². The maximum Gasteiger partial charge on any atom is 0.191 e. The molecule has 0 fully saturated rings. The summed E-state index contributed by atoms with van der Waals surface area (Å²) in [7, 11) is 0. The molecule has 2 N–H and O–H groups in total. The maximum absolute atomic E-state index is 4.56. The standard InChI is InChI=1S/C16H26N6.HI/c1-4-17-16(19-12-13(2)3)18-10-7-9-15-21-20-14-8-5-6-11-22(14)15;/h5-6,8,11,13H,4,7,9-10,12H2,1-3H3,(H2,17,18,19);1H. The van der Waals surface area contributed by atoms with Gasteiger partial charge in [-0.2, -0.15) is 0 Å². The van der Waals surface area contributed by atoms with Crippen LogP contribution in [0.1, 0.15) is 33.0 Å². The third-order valence-electron chi connectivity index (χ3n) is 3.21. The molecule has 0 aliphatic heterocycles.